The minimum atomic E-state index is -0.675. The van der Waals surface area contributed by atoms with Gasteiger partial charge in [-0.1, -0.05) is 17.7 Å². The van der Waals surface area contributed by atoms with E-state index in [1.807, 2.05) is 0 Å². The van der Waals surface area contributed by atoms with Crippen LogP contribution < -0.4 is 5.32 Å². The smallest absolute Gasteiger partial charge is 0.0895 e. The second kappa shape index (κ2) is 5.99. The van der Waals surface area contributed by atoms with Gasteiger partial charge in [-0.15, -0.1) is 0 Å². The maximum absolute atomic E-state index is 9.21. The Kier molecular flexibility index (Phi) is 4.93. The predicted molar refractivity (Wildman–Crippen MR) is 65.5 cm³/mol. The molecule has 0 aromatic heterocycles. The Bertz CT molecular complexity index is 327. The van der Waals surface area contributed by atoms with Gasteiger partial charge in [-0.05, 0) is 37.5 Å². The van der Waals surface area contributed by atoms with Crippen LogP contribution in [0.15, 0.2) is 12.1 Å². The zero-order valence-electron chi connectivity index (χ0n) is 10.2. The van der Waals surface area contributed by atoms with Crippen LogP contribution >= 0.6 is 0 Å². The Hall–Kier alpha value is -0.900. The summed E-state index contributed by atoms with van der Waals surface area (Å²) in [7, 11) is 0. The normalized spacial score (nSPS) is 12.8. The first-order valence-corrected chi connectivity index (χ1v) is 5.61. The van der Waals surface area contributed by atoms with Gasteiger partial charge in [0.15, 0.2) is 0 Å². The van der Waals surface area contributed by atoms with Gasteiger partial charge in [0.2, 0.25) is 0 Å². The average molecular weight is 223 g/mol. The molecule has 0 fully saturated rings. The lowest BCUT2D eigenvalue weighted by Crippen LogP contribution is -2.29. The van der Waals surface area contributed by atoms with Crippen molar-refractivity contribution in [1.82, 2.24) is 5.32 Å². The molecule has 3 nitrogen and oxygen atoms in total. The van der Waals surface area contributed by atoms with Gasteiger partial charge >= 0.3 is 0 Å². The highest BCUT2D eigenvalue weighted by atomic mass is 16.3. The van der Waals surface area contributed by atoms with Crippen molar-refractivity contribution >= 4 is 0 Å². The van der Waals surface area contributed by atoms with Gasteiger partial charge < -0.3 is 15.5 Å². The molecule has 16 heavy (non-hydrogen) atoms. The Morgan fingerprint density at radius 1 is 1.19 bits per heavy atom. The average Bonchev–Trinajstić information content (AvgIpc) is 2.21. The van der Waals surface area contributed by atoms with Crippen LogP contribution in [0.2, 0.25) is 0 Å². The fourth-order valence-corrected chi connectivity index (χ4v) is 1.92. The summed E-state index contributed by atoms with van der Waals surface area (Å²) in [6.45, 7) is 7.24. The predicted octanol–water partition coefficient (Wildman–Crippen LogP) is 1.05. The molecule has 1 rings (SSSR count). The fourth-order valence-electron chi connectivity index (χ4n) is 1.92. The molecule has 1 unspecified atom stereocenters. The minimum absolute atomic E-state index is 0.196. The van der Waals surface area contributed by atoms with Gasteiger partial charge in [-0.3, -0.25) is 0 Å². The molecule has 0 aliphatic heterocycles. The van der Waals surface area contributed by atoms with Crippen LogP contribution in [0.5, 0.6) is 0 Å². The fraction of sp³-hybridized carbons (Fsp3) is 0.538. The highest BCUT2D eigenvalue weighted by Crippen LogP contribution is 2.15. The van der Waals surface area contributed by atoms with Crippen LogP contribution in [0.3, 0.4) is 0 Å². The summed E-state index contributed by atoms with van der Waals surface area (Å²) in [4.78, 5) is 0. The molecular weight excluding hydrogens is 202 g/mol. The molecule has 0 aliphatic rings. The SMILES string of the molecule is Cc1cc(C)c(CNCC(O)CO)c(C)c1. The van der Waals surface area contributed by atoms with Gasteiger partial charge in [0, 0.05) is 13.1 Å². The van der Waals surface area contributed by atoms with Crippen molar-refractivity contribution in [2.24, 2.45) is 0 Å². The molecule has 0 bridgehead atoms. The third-order valence-corrected chi connectivity index (χ3v) is 2.73. The van der Waals surface area contributed by atoms with Crippen molar-refractivity contribution < 1.29 is 10.2 Å². The quantitative estimate of drug-likeness (QED) is 0.699. The number of aliphatic hydroxyl groups is 2. The van der Waals surface area contributed by atoms with Gasteiger partial charge in [0.05, 0.1) is 12.7 Å². The molecule has 1 aromatic carbocycles. The van der Waals surface area contributed by atoms with Gasteiger partial charge in [0.1, 0.15) is 0 Å². The topological polar surface area (TPSA) is 52.5 Å². The van der Waals surface area contributed by atoms with E-state index in [0.29, 0.717) is 6.54 Å². The number of rotatable bonds is 5. The molecule has 3 N–H and O–H groups in total. The monoisotopic (exact) mass is 223 g/mol. The number of benzene rings is 1. The van der Waals surface area contributed by atoms with Crippen molar-refractivity contribution in [3.05, 3.63) is 34.4 Å². The Balaban J connectivity index is 2.60. The summed E-state index contributed by atoms with van der Waals surface area (Å²) in [6, 6.07) is 4.32. The largest absolute Gasteiger partial charge is 0.394 e. The Morgan fingerprint density at radius 2 is 1.75 bits per heavy atom. The summed E-state index contributed by atoms with van der Waals surface area (Å²) in [6.07, 6.45) is -0.675. The summed E-state index contributed by atoms with van der Waals surface area (Å²) in [5.41, 5.74) is 5.08. The molecule has 1 atom stereocenters. The summed E-state index contributed by atoms with van der Waals surface area (Å²) in [5.74, 6) is 0. The first kappa shape index (κ1) is 13.2. The van der Waals surface area contributed by atoms with E-state index < -0.39 is 6.10 Å². The summed E-state index contributed by atoms with van der Waals surface area (Å²) >= 11 is 0. The van der Waals surface area contributed by atoms with E-state index in [1.165, 1.54) is 22.3 Å². The second-order valence-corrected chi connectivity index (χ2v) is 4.34. The highest BCUT2D eigenvalue weighted by molar-refractivity contribution is 5.37. The van der Waals surface area contributed by atoms with Gasteiger partial charge in [-0.2, -0.15) is 0 Å². The minimum Gasteiger partial charge on any atom is -0.394 e. The molecule has 0 saturated carbocycles. The number of hydrogen-bond acceptors (Lipinski definition) is 3. The van der Waals surface area contributed by atoms with E-state index in [9.17, 15) is 5.11 Å². The molecule has 0 aliphatic carbocycles. The molecular formula is C13H21NO2. The van der Waals surface area contributed by atoms with E-state index in [0.717, 1.165) is 6.54 Å². The van der Waals surface area contributed by atoms with Crippen molar-refractivity contribution in [3.8, 4) is 0 Å². The van der Waals surface area contributed by atoms with Crippen LogP contribution in [0.4, 0.5) is 0 Å². The summed E-state index contributed by atoms with van der Waals surface area (Å²) < 4.78 is 0. The maximum Gasteiger partial charge on any atom is 0.0895 e. The molecule has 0 heterocycles. The lowest BCUT2D eigenvalue weighted by Gasteiger charge is -2.13. The van der Waals surface area contributed by atoms with Crippen molar-refractivity contribution in [1.29, 1.82) is 0 Å². The van der Waals surface area contributed by atoms with Crippen LogP contribution in [-0.4, -0.2) is 29.5 Å². The number of aliphatic hydroxyl groups excluding tert-OH is 2. The standard InChI is InChI=1S/C13H21NO2/c1-9-4-10(2)13(11(3)5-9)7-14-6-12(16)8-15/h4-5,12,14-16H,6-8H2,1-3H3. The first-order valence-electron chi connectivity index (χ1n) is 5.61. The molecule has 0 amide bonds. The third-order valence-electron chi connectivity index (χ3n) is 2.73. The van der Waals surface area contributed by atoms with Gasteiger partial charge in [-0.25, -0.2) is 0 Å². The Morgan fingerprint density at radius 3 is 2.25 bits per heavy atom. The number of nitrogens with one attached hydrogen (secondary N) is 1. The van der Waals surface area contributed by atoms with E-state index in [1.54, 1.807) is 0 Å². The van der Waals surface area contributed by atoms with Crippen molar-refractivity contribution in [2.45, 2.75) is 33.4 Å². The van der Waals surface area contributed by atoms with Crippen LogP contribution in [0.1, 0.15) is 22.3 Å². The van der Waals surface area contributed by atoms with Crippen molar-refractivity contribution in [3.63, 3.8) is 0 Å². The van der Waals surface area contributed by atoms with Crippen LogP contribution in [0.25, 0.3) is 0 Å². The van der Waals surface area contributed by atoms with E-state index in [2.05, 4.69) is 38.2 Å². The summed E-state index contributed by atoms with van der Waals surface area (Å²) in [5, 5.41) is 21.0. The molecule has 3 heteroatoms. The maximum atomic E-state index is 9.21. The first-order chi connectivity index (χ1) is 7.54. The molecule has 1 aromatic rings. The van der Waals surface area contributed by atoms with E-state index in [4.69, 9.17) is 5.11 Å². The lowest BCUT2D eigenvalue weighted by atomic mass is 10.00. The molecule has 0 saturated heterocycles. The Labute approximate surface area is 97.1 Å². The van der Waals surface area contributed by atoms with Crippen LogP contribution in [0, 0.1) is 20.8 Å². The van der Waals surface area contributed by atoms with Crippen LogP contribution in [-0.2, 0) is 6.54 Å². The number of aryl methyl sites for hydroxylation is 3. The van der Waals surface area contributed by atoms with Crippen molar-refractivity contribution in [2.75, 3.05) is 13.2 Å². The molecule has 0 radical (unpaired) electrons. The zero-order chi connectivity index (χ0) is 12.1. The van der Waals surface area contributed by atoms with Gasteiger partial charge in [0.25, 0.3) is 0 Å². The highest BCUT2D eigenvalue weighted by Gasteiger charge is 2.05. The third kappa shape index (κ3) is 3.59. The number of hydrogen-bond donors (Lipinski definition) is 3. The molecule has 90 valence electrons. The lowest BCUT2D eigenvalue weighted by molar-refractivity contribution is 0.0942. The van der Waals surface area contributed by atoms with E-state index >= 15 is 0 Å². The second-order valence-electron chi connectivity index (χ2n) is 4.34. The molecule has 0 spiro atoms. The zero-order valence-corrected chi connectivity index (χ0v) is 10.2. The van der Waals surface area contributed by atoms with E-state index in [-0.39, 0.29) is 6.61 Å².